The van der Waals surface area contributed by atoms with Gasteiger partial charge in [-0.3, -0.25) is 9.59 Å². The molecule has 5 aliphatic carbocycles. The summed E-state index contributed by atoms with van der Waals surface area (Å²) in [5, 5.41) is 10.4. The van der Waals surface area contributed by atoms with Gasteiger partial charge < -0.3 is 5.11 Å². The van der Waals surface area contributed by atoms with Crippen LogP contribution in [0.25, 0.3) is 0 Å². The van der Waals surface area contributed by atoms with Crippen molar-refractivity contribution in [3.8, 4) is 0 Å². The molecule has 4 saturated carbocycles. The Labute approximate surface area is 201 Å². The van der Waals surface area contributed by atoms with E-state index in [9.17, 15) is 14.7 Å². The number of Topliss-reactive ketones (excluding diaryl/α,β-unsaturated/α-hetero) is 1. The lowest BCUT2D eigenvalue weighted by Gasteiger charge is -2.70. The van der Waals surface area contributed by atoms with E-state index >= 15 is 0 Å². The topological polar surface area (TPSA) is 54.4 Å². The quantitative estimate of drug-likeness (QED) is 0.423. The zero-order chi connectivity index (χ0) is 24.2. The minimum Gasteiger partial charge on any atom is -0.481 e. The Balaban J connectivity index is 1.61. The van der Waals surface area contributed by atoms with Crippen LogP contribution in [0.3, 0.4) is 0 Å². The van der Waals surface area contributed by atoms with E-state index < -0.39 is 5.97 Å². The lowest BCUT2D eigenvalue weighted by molar-refractivity contribution is -0.192. The molecule has 0 aromatic carbocycles. The Morgan fingerprint density at radius 1 is 0.909 bits per heavy atom. The molecule has 0 saturated heterocycles. The molecule has 8 atom stereocenters. The smallest absolute Gasteiger partial charge is 0.306 e. The maximum absolute atomic E-state index is 12.9. The summed E-state index contributed by atoms with van der Waals surface area (Å²) in [5.41, 5.74) is 1.87. The summed E-state index contributed by atoms with van der Waals surface area (Å²) in [6, 6.07) is 0. The van der Waals surface area contributed by atoms with Gasteiger partial charge in [0.1, 0.15) is 5.78 Å². The van der Waals surface area contributed by atoms with Crippen LogP contribution in [0.15, 0.2) is 11.6 Å². The minimum absolute atomic E-state index is 0.0375. The van der Waals surface area contributed by atoms with Gasteiger partial charge in [-0.15, -0.1) is 0 Å². The molecule has 3 nitrogen and oxygen atoms in total. The molecule has 0 aliphatic heterocycles. The molecule has 33 heavy (non-hydrogen) atoms. The molecular weight excluding hydrogens is 408 g/mol. The standard InChI is InChI=1S/C30H46O3/c1-26(2)13-10-18-19(16-26)21-11-14-30(7)23(28(21,5)17-20(18)25(32)33)9-8-22-27(3,4)24(31)12-15-29(22,30)6/h11,18-20,22-23H,8-10,12-17H2,1-7H3,(H,32,33). The van der Waals surface area contributed by atoms with Gasteiger partial charge in [-0.25, -0.2) is 0 Å². The van der Waals surface area contributed by atoms with Gasteiger partial charge in [0.15, 0.2) is 0 Å². The number of carboxylic acids is 1. The second-order valence-electron chi connectivity index (χ2n) is 14.8. The van der Waals surface area contributed by atoms with Crippen molar-refractivity contribution >= 4 is 11.8 Å². The van der Waals surface area contributed by atoms with E-state index in [0.29, 0.717) is 41.3 Å². The van der Waals surface area contributed by atoms with Gasteiger partial charge in [0.25, 0.3) is 0 Å². The fourth-order valence-electron chi connectivity index (χ4n) is 10.6. The number of carboxylic acid groups (broad SMARTS) is 1. The highest BCUT2D eigenvalue weighted by atomic mass is 16.4. The van der Waals surface area contributed by atoms with Crippen LogP contribution in [0, 0.1) is 56.7 Å². The Kier molecular flexibility index (Phi) is 4.99. The molecule has 0 spiro atoms. The summed E-state index contributed by atoms with van der Waals surface area (Å²) < 4.78 is 0. The maximum Gasteiger partial charge on any atom is 0.306 e. The van der Waals surface area contributed by atoms with Crippen LogP contribution < -0.4 is 0 Å². The number of fused-ring (bicyclic) bond motifs is 7. The van der Waals surface area contributed by atoms with Crippen molar-refractivity contribution in [3.05, 3.63) is 11.6 Å². The highest BCUT2D eigenvalue weighted by Gasteiger charge is 2.68. The molecule has 0 heterocycles. The number of ketones is 1. The van der Waals surface area contributed by atoms with Crippen molar-refractivity contribution in [2.75, 3.05) is 0 Å². The summed E-state index contributed by atoms with van der Waals surface area (Å²) in [5.74, 6) is 1.31. The average molecular weight is 455 g/mol. The van der Waals surface area contributed by atoms with Crippen LogP contribution >= 0.6 is 0 Å². The molecule has 4 fully saturated rings. The maximum atomic E-state index is 12.9. The van der Waals surface area contributed by atoms with Gasteiger partial charge in [0.2, 0.25) is 0 Å². The van der Waals surface area contributed by atoms with E-state index in [2.05, 4.69) is 54.5 Å². The van der Waals surface area contributed by atoms with Crippen LogP contribution in [0.4, 0.5) is 0 Å². The van der Waals surface area contributed by atoms with Crippen molar-refractivity contribution < 1.29 is 14.7 Å². The molecule has 8 unspecified atom stereocenters. The first-order valence-corrected chi connectivity index (χ1v) is 13.6. The second-order valence-corrected chi connectivity index (χ2v) is 14.8. The molecular formula is C30H46O3. The molecule has 5 aliphatic rings. The summed E-state index contributed by atoms with van der Waals surface area (Å²) in [6.07, 6.45) is 11.8. The van der Waals surface area contributed by atoms with Crippen LogP contribution in [0.2, 0.25) is 0 Å². The van der Waals surface area contributed by atoms with Crippen LogP contribution in [-0.2, 0) is 9.59 Å². The third-order valence-electron chi connectivity index (χ3n) is 12.5. The van der Waals surface area contributed by atoms with E-state index in [-0.39, 0.29) is 27.6 Å². The predicted octanol–water partition coefficient (Wildman–Crippen LogP) is 7.30. The fourth-order valence-corrected chi connectivity index (χ4v) is 10.6. The van der Waals surface area contributed by atoms with Crippen molar-refractivity contribution in [1.29, 1.82) is 0 Å². The summed E-state index contributed by atoms with van der Waals surface area (Å²) in [4.78, 5) is 25.5. The number of allylic oxidation sites excluding steroid dienone is 2. The molecule has 0 aromatic rings. The van der Waals surface area contributed by atoms with E-state index in [4.69, 9.17) is 0 Å². The predicted molar refractivity (Wildman–Crippen MR) is 132 cm³/mol. The number of carbonyl (C=O) groups excluding carboxylic acids is 1. The number of carbonyl (C=O) groups is 2. The molecule has 5 rings (SSSR count). The van der Waals surface area contributed by atoms with Crippen LogP contribution in [-0.4, -0.2) is 16.9 Å². The van der Waals surface area contributed by atoms with Crippen molar-refractivity contribution in [2.45, 2.75) is 106 Å². The normalized spacial score (nSPS) is 50.2. The number of rotatable bonds is 1. The molecule has 0 aromatic heterocycles. The molecule has 1 N–H and O–H groups in total. The summed E-state index contributed by atoms with van der Waals surface area (Å²) in [7, 11) is 0. The number of hydrogen-bond acceptors (Lipinski definition) is 2. The Hall–Kier alpha value is -1.12. The highest BCUT2D eigenvalue weighted by Crippen LogP contribution is 2.74. The number of aliphatic carboxylic acids is 1. The molecule has 0 radical (unpaired) electrons. The molecule has 0 amide bonds. The van der Waals surface area contributed by atoms with Crippen molar-refractivity contribution in [3.63, 3.8) is 0 Å². The highest BCUT2D eigenvalue weighted by molar-refractivity contribution is 5.85. The summed E-state index contributed by atoms with van der Waals surface area (Å²) >= 11 is 0. The Bertz CT molecular complexity index is 912. The zero-order valence-corrected chi connectivity index (χ0v) is 22.1. The van der Waals surface area contributed by atoms with Gasteiger partial charge in [0.05, 0.1) is 5.92 Å². The Morgan fingerprint density at radius 3 is 2.24 bits per heavy atom. The zero-order valence-electron chi connectivity index (χ0n) is 22.1. The fraction of sp³-hybridized carbons (Fsp3) is 0.867. The monoisotopic (exact) mass is 454 g/mol. The van der Waals surface area contributed by atoms with Gasteiger partial charge >= 0.3 is 5.97 Å². The van der Waals surface area contributed by atoms with Crippen molar-refractivity contribution in [1.82, 2.24) is 0 Å². The van der Waals surface area contributed by atoms with Gasteiger partial charge in [-0.2, -0.15) is 0 Å². The first-order valence-electron chi connectivity index (χ1n) is 13.6. The summed E-state index contributed by atoms with van der Waals surface area (Å²) in [6.45, 7) is 16.6. The largest absolute Gasteiger partial charge is 0.481 e. The second kappa shape index (κ2) is 6.97. The lowest BCUT2D eigenvalue weighted by atomic mass is 9.34. The molecule has 184 valence electrons. The van der Waals surface area contributed by atoms with Gasteiger partial charge in [0, 0.05) is 11.8 Å². The third kappa shape index (κ3) is 2.99. The number of hydrogen-bond donors (Lipinski definition) is 1. The lowest BCUT2D eigenvalue weighted by Crippen LogP contribution is -2.64. The first kappa shape index (κ1) is 23.6. The minimum atomic E-state index is -0.568. The third-order valence-corrected chi connectivity index (χ3v) is 12.5. The van der Waals surface area contributed by atoms with E-state index in [0.717, 1.165) is 51.4 Å². The van der Waals surface area contributed by atoms with E-state index in [1.165, 1.54) is 0 Å². The molecule has 3 heteroatoms. The SMILES string of the molecule is CC1(C)CCC2C(C(=O)O)CC3(C)C(=CCC4(C)C3CCC3C(C)(C)C(=O)CCC34C)C2C1. The first-order chi connectivity index (χ1) is 15.2. The van der Waals surface area contributed by atoms with E-state index in [1.54, 1.807) is 5.57 Å². The van der Waals surface area contributed by atoms with Crippen LogP contribution in [0.1, 0.15) is 106 Å². The van der Waals surface area contributed by atoms with Gasteiger partial charge in [-0.05, 0) is 96.7 Å². The molecule has 0 bridgehead atoms. The Morgan fingerprint density at radius 2 is 1.58 bits per heavy atom. The average Bonchev–Trinajstić information content (AvgIpc) is 2.70. The van der Waals surface area contributed by atoms with Crippen LogP contribution in [0.5, 0.6) is 0 Å². The van der Waals surface area contributed by atoms with E-state index in [1.807, 2.05) is 0 Å². The van der Waals surface area contributed by atoms with Gasteiger partial charge in [-0.1, -0.05) is 60.1 Å². The van der Waals surface area contributed by atoms with Crippen molar-refractivity contribution in [2.24, 2.45) is 56.7 Å².